The van der Waals surface area contributed by atoms with E-state index in [1.165, 1.54) is 5.56 Å². The number of aryl methyl sites for hydroxylation is 1. The predicted octanol–water partition coefficient (Wildman–Crippen LogP) is 4.61. The lowest BCUT2D eigenvalue weighted by Gasteiger charge is -2.32. The maximum Gasteiger partial charge on any atom is 0.120 e. The summed E-state index contributed by atoms with van der Waals surface area (Å²) < 4.78 is 5.88. The van der Waals surface area contributed by atoms with E-state index < -0.39 is 0 Å². The molecule has 3 rings (SSSR count). The number of nitrogens with one attached hydrogen (secondary N) is 1. The largest absolute Gasteiger partial charge is 0.489 e. The third kappa shape index (κ3) is 2.85. The van der Waals surface area contributed by atoms with Crippen LogP contribution in [0.4, 0.5) is 0 Å². The smallest absolute Gasteiger partial charge is 0.120 e. The lowest BCUT2D eigenvalue weighted by atomic mass is 9.73. The van der Waals surface area contributed by atoms with Crippen LogP contribution in [-0.4, -0.2) is 5.71 Å². The van der Waals surface area contributed by atoms with Gasteiger partial charge in [0.1, 0.15) is 12.4 Å². The monoisotopic (exact) mass is 279 g/mol. The van der Waals surface area contributed by atoms with Gasteiger partial charge >= 0.3 is 0 Å². The van der Waals surface area contributed by atoms with Crippen LogP contribution in [0.2, 0.25) is 0 Å². The third-order valence-electron chi connectivity index (χ3n) is 4.30. The fourth-order valence-corrected chi connectivity index (χ4v) is 2.77. The van der Waals surface area contributed by atoms with Crippen molar-refractivity contribution < 1.29 is 4.74 Å². The summed E-state index contributed by atoms with van der Waals surface area (Å²) in [6, 6.07) is 16.3. The first kappa shape index (κ1) is 13.9. The molecular weight excluding hydrogens is 258 g/mol. The van der Waals surface area contributed by atoms with Crippen LogP contribution in [0, 0.1) is 10.8 Å². The highest BCUT2D eigenvalue weighted by atomic mass is 16.5. The summed E-state index contributed by atoms with van der Waals surface area (Å²) in [5, 5.41) is 8.41. The van der Waals surface area contributed by atoms with Crippen LogP contribution in [0.15, 0.2) is 48.5 Å². The molecule has 1 aliphatic carbocycles. The zero-order valence-electron chi connectivity index (χ0n) is 12.6. The number of ether oxygens (including phenoxy) is 1. The molecular formula is C19H21NO. The van der Waals surface area contributed by atoms with Crippen LogP contribution < -0.4 is 4.74 Å². The summed E-state index contributed by atoms with van der Waals surface area (Å²) >= 11 is 0. The van der Waals surface area contributed by atoms with Crippen LogP contribution in [-0.2, 0) is 13.0 Å². The summed E-state index contributed by atoms with van der Waals surface area (Å²) in [5.41, 5.74) is 4.17. The van der Waals surface area contributed by atoms with Gasteiger partial charge < -0.3 is 10.1 Å². The van der Waals surface area contributed by atoms with Gasteiger partial charge in [-0.15, -0.1) is 0 Å². The Kier molecular flexibility index (Phi) is 3.54. The lowest BCUT2D eigenvalue weighted by molar-refractivity contribution is 0.306. The second-order valence-corrected chi connectivity index (χ2v) is 6.35. The molecule has 0 unspecified atom stereocenters. The minimum Gasteiger partial charge on any atom is -0.489 e. The summed E-state index contributed by atoms with van der Waals surface area (Å²) in [5.74, 6) is 0.847. The van der Waals surface area contributed by atoms with E-state index in [9.17, 15) is 0 Å². The number of hydrogen-bond donors (Lipinski definition) is 1. The van der Waals surface area contributed by atoms with E-state index in [0.29, 0.717) is 6.61 Å². The van der Waals surface area contributed by atoms with Crippen molar-refractivity contribution in [2.45, 2.75) is 33.3 Å². The molecule has 2 aromatic rings. The minimum atomic E-state index is -0.0367. The van der Waals surface area contributed by atoms with Gasteiger partial charge in [-0.05, 0) is 36.1 Å². The molecule has 0 fully saturated rings. The average molecular weight is 279 g/mol. The highest BCUT2D eigenvalue weighted by Gasteiger charge is 2.31. The Balaban J connectivity index is 1.80. The van der Waals surface area contributed by atoms with Crippen molar-refractivity contribution in [1.29, 1.82) is 5.41 Å². The van der Waals surface area contributed by atoms with Gasteiger partial charge in [0.2, 0.25) is 0 Å². The molecule has 0 radical (unpaired) electrons. The Bertz CT molecular complexity index is 659. The Morgan fingerprint density at radius 1 is 1.10 bits per heavy atom. The number of benzene rings is 2. The van der Waals surface area contributed by atoms with E-state index in [1.807, 2.05) is 30.3 Å². The van der Waals surface area contributed by atoms with Gasteiger partial charge in [-0.1, -0.05) is 50.2 Å². The van der Waals surface area contributed by atoms with Gasteiger partial charge in [-0.25, -0.2) is 0 Å². The Hall–Kier alpha value is -2.09. The highest BCUT2D eigenvalue weighted by Crippen LogP contribution is 2.36. The first-order chi connectivity index (χ1) is 10.1. The van der Waals surface area contributed by atoms with Crippen molar-refractivity contribution in [3.05, 3.63) is 65.2 Å². The van der Waals surface area contributed by atoms with E-state index in [0.717, 1.165) is 35.4 Å². The molecule has 0 aromatic heterocycles. The van der Waals surface area contributed by atoms with Crippen LogP contribution in [0.3, 0.4) is 0 Å². The van der Waals surface area contributed by atoms with Crippen LogP contribution in [0.1, 0.15) is 37.0 Å². The zero-order chi connectivity index (χ0) is 14.9. The first-order valence-electron chi connectivity index (χ1n) is 7.45. The third-order valence-corrected chi connectivity index (χ3v) is 4.30. The van der Waals surface area contributed by atoms with Gasteiger partial charge in [0.15, 0.2) is 0 Å². The molecule has 0 saturated heterocycles. The van der Waals surface area contributed by atoms with Crippen molar-refractivity contribution >= 4 is 5.71 Å². The molecule has 1 aliphatic rings. The van der Waals surface area contributed by atoms with E-state index >= 15 is 0 Å². The molecule has 0 bridgehead atoms. The molecule has 2 heteroatoms. The fourth-order valence-electron chi connectivity index (χ4n) is 2.77. The normalized spacial score (nSPS) is 16.4. The SMILES string of the molecule is CC1(C)CCc2ccc(OCc3ccccc3)cc2C1=N. The van der Waals surface area contributed by atoms with Crippen LogP contribution in [0.25, 0.3) is 0 Å². The lowest BCUT2D eigenvalue weighted by Crippen LogP contribution is -2.30. The first-order valence-corrected chi connectivity index (χ1v) is 7.45. The molecule has 0 amide bonds. The van der Waals surface area contributed by atoms with E-state index in [2.05, 4.69) is 32.0 Å². The van der Waals surface area contributed by atoms with Crippen molar-refractivity contribution in [2.75, 3.05) is 0 Å². The quantitative estimate of drug-likeness (QED) is 0.874. The van der Waals surface area contributed by atoms with E-state index in [1.54, 1.807) is 0 Å². The van der Waals surface area contributed by atoms with Gasteiger partial charge in [0, 0.05) is 16.7 Å². The summed E-state index contributed by atoms with van der Waals surface area (Å²) in [4.78, 5) is 0. The number of fused-ring (bicyclic) bond motifs is 1. The van der Waals surface area contributed by atoms with E-state index in [4.69, 9.17) is 10.1 Å². The van der Waals surface area contributed by atoms with Crippen LogP contribution >= 0.6 is 0 Å². The highest BCUT2D eigenvalue weighted by molar-refractivity contribution is 6.04. The molecule has 0 spiro atoms. The molecule has 0 aliphatic heterocycles. The maximum atomic E-state index is 8.41. The maximum absolute atomic E-state index is 8.41. The molecule has 0 saturated carbocycles. The minimum absolute atomic E-state index is 0.0367. The van der Waals surface area contributed by atoms with Crippen molar-refractivity contribution in [3.8, 4) is 5.75 Å². The topological polar surface area (TPSA) is 33.1 Å². The van der Waals surface area contributed by atoms with Gasteiger partial charge in [-0.3, -0.25) is 0 Å². The standard InChI is InChI=1S/C19H21NO/c1-19(2)11-10-15-8-9-16(12-17(15)18(19)20)21-13-14-6-4-3-5-7-14/h3-9,12,20H,10-11,13H2,1-2H3. The molecule has 1 N–H and O–H groups in total. The Morgan fingerprint density at radius 2 is 1.86 bits per heavy atom. The van der Waals surface area contributed by atoms with Gasteiger partial charge in [-0.2, -0.15) is 0 Å². The summed E-state index contributed by atoms with van der Waals surface area (Å²) in [7, 11) is 0. The summed E-state index contributed by atoms with van der Waals surface area (Å²) in [6.45, 7) is 4.86. The Labute approximate surface area is 126 Å². The fraction of sp³-hybridized carbons (Fsp3) is 0.316. The number of hydrogen-bond acceptors (Lipinski definition) is 2. The number of rotatable bonds is 3. The zero-order valence-corrected chi connectivity index (χ0v) is 12.6. The molecule has 21 heavy (non-hydrogen) atoms. The molecule has 0 heterocycles. The molecule has 108 valence electrons. The molecule has 0 atom stereocenters. The summed E-state index contributed by atoms with van der Waals surface area (Å²) in [6.07, 6.45) is 2.09. The van der Waals surface area contributed by atoms with Crippen molar-refractivity contribution in [2.24, 2.45) is 5.41 Å². The second kappa shape index (κ2) is 5.36. The average Bonchev–Trinajstić information content (AvgIpc) is 2.50. The van der Waals surface area contributed by atoms with Gasteiger partial charge in [0.25, 0.3) is 0 Å². The Morgan fingerprint density at radius 3 is 2.62 bits per heavy atom. The second-order valence-electron chi connectivity index (χ2n) is 6.35. The van der Waals surface area contributed by atoms with Crippen LogP contribution in [0.5, 0.6) is 5.75 Å². The molecule has 2 nitrogen and oxygen atoms in total. The predicted molar refractivity (Wildman–Crippen MR) is 86.1 cm³/mol. The van der Waals surface area contributed by atoms with Gasteiger partial charge in [0.05, 0.1) is 0 Å². The van der Waals surface area contributed by atoms with Crippen molar-refractivity contribution in [3.63, 3.8) is 0 Å². The molecule has 2 aromatic carbocycles. The van der Waals surface area contributed by atoms with Crippen molar-refractivity contribution in [1.82, 2.24) is 0 Å². The van der Waals surface area contributed by atoms with E-state index in [-0.39, 0.29) is 5.41 Å².